The highest BCUT2D eigenvalue weighted by atomic mass is 32.2. The van der Waals surface area contributed by atoms with Crippen LogP contribution < -0.4 is 9.64 Å². The molecule has 4 heterocycles. The zero-order valence-electron chi connectivity index (χ0n) is 57.0. The molecule has 0 saturated heterocycles. The van der Waals surface area contributed by atoms with Gasteiger partial charge in [-0.2, -0.15) is 5.26 Å². The Morgan fingerprint density at radius 2 is 1.18 bits per heavy atom. The van der Waals surface area contributed by atoms with E-state index >= 15 is 0 Å². The molecule has 2 unspecified atom stereocenters. The van der Waals surface area contributed by atoms with Gasteiger partial charge in [0, 0.05) is 67.2 Å². The van der Waals surface area contributed by atoms with E-state index in [0.717, 1.165) is 43.1 Å². The number of aryl methyl sites for hydroxylation is 3. The molecule has 11 rings (SSSR count). The maximum Gasteiger partial charge on any atom is 0.381 e. The lowest BCUT2D eigenvalue weighted by Crippen LogP contribution is -2.16. The molecule has 9 aromatic rings. The van der Waals surface area contributed by atoms with Crippen LogP contribution in [0.2, 0.25) is 0 Å². The second-order valence-electron chi connectivity index (χ2n) is 25.4. The minimum atomic E-state index is -1.22. The first-order chi connectivity index (χ1) is 45.1. The van der Waals surface area contributed by atoms with E-state index in [9.17, 15) is 0 Å². The Kier molecular flexibility index (Phi) is 25.6. The highest BCUT2D eigenvalue weighted by molar-refractivity contribution is 8.08. The summed E-state index contributed by atoms with van der Waals surface area (Å²) < 4.78 is 20.1. The Bertz CT molecular complexity index is 4100. The molecule has 0 radical (unpaired) electrons. The van der Waals surface area contributed by atoms with Crippen LogP contribution in [-0.4, -0.2) is 24.3 Å². The summed E-state index contributed by atoms with van der Waals surface area (Å²) >= 11 is 10.2. The van der Waals surface area contributed by atoms with Crippen LogP contribution in [0.4, 0.5) is 17.1 Å². The molecule has 0 aliphatic heterocycles. The number of rotatable bonds is 30. The van der Waals surface area contributed by atoms with Crippen LogP contribution in [-0.2, 0) is 27.8 Å². The molecule has 93 heavy (non-hydrogen) atoms. The van der Waals surface area contributed by atoms with Crippen LogP contribution >= 0.6 is 57.1 Å². The zero-order chi connectivity index (χ0) is 66.2. The van der Waals surface area contributed by atoms with Gasteiger partial charge in [0.1, 0.15) is 11.5 Å². The molecule has 0 amide bonds. The number of terminal acetylenes is 1. The average molecular weight is 1330 g/mol. The lowest BCUT2D eigenvalue weighted by atomic mass is 9.82. The second kappa shape index (κ2) is 33.7. The number of unbranched alkanes of at least 4 members (excludes halogenated alkanes) is 12. The maximum absolute atomic E-state index is 9.13. The molecule has 2 atom stereocenters. The number of thiophene rings is 4. The lowest BCUT2D eigenvalue weighted by molar-refractivity contribution is -0.130. The van der Waals surface area contributed by atoms with Gasteiger partial charge < -0.3 is 19.5 Å². The van der Waals surface area contributed by atoms with Gasteiger partial charge in [-0.3, -0.25) is 0 Å². The number of allylic oxidation sites excluding steroid dienone is 1. The van der Waals surface area contributed by atoms with E-state index in [4.69, 9.17) is 24.6 Å². The number of fused-ring (bicyclic) bond motifs is 9. The van der Waals surface area contributed by atoms with Gasteiger partial charge in [-0.25, -0.2) is 4.79 Å². The van der Waals surface area contributed by atoms with E-state index in [0.29, 0.717) is 12.5 Å². The molecule has 488 valence electrons. The summed E-state index contributed by atoms with van der Waals surface area (Å²) in [6, 6.07) is 45.8. The summed E-state index contributed by atoms with van der Waals surface area (Å²) in [6.07, 6.45) is 26.4. The van der Waals surface area contributed by atoms with Crippen molar-refractivity contribution in [1.82, 2.24) is 0 Å². The van der Waals surface area contributed by atoms with Crippen LogP contribution in [0, 0.1) is 30.6 Å². The monoisotopic (exact) mass is 1330 g/mol. The van der Waals surface area contributed by atoms with Gasteiger partial charge in [-0.15, -0.1) is 63.5 Å². The van der Waals surface area contributed by atoms with E-state index in [2.05, 4.69) is 230 Å². The molecule has 0 fully saturated rings. The number of carboxylic acid groups (broad SMARTS) is 1. The SMILES string of the molecule is C#CC(=O)O.CC#N.CCCCCCO/C(C)=C(/SC(C)c1sc2c(sc3c(CCCCCC)c(C)sc32)c1CCCCCC)c1cc(OCCCCCC)c(-c2ccc(N(c3ccc4c(c3)C(C)c3ccccc3-4)c3ccc4c(c3)C(C)(C)c3ccccc3-4)cc2)s1. The van der Waals surface area contributed by atoms with Gasteiger partial charge in [-0.1, -0.05) is 198 Å². The number of nitrogens with zero attached hydrogens (tertiary/aromatic N) is 2. The van der Waals surface area contributed by atoms with E-state index in [1.165, 1.54) is 195 Å². The van der Waals surface area contributed by atoms with Crippen molar-refractivity contribution in [1.29, 1.82) is 5.26 Å². The number of nitriles is 1. The van der Waals surface area contributed by atoms with Gasteiger partial charge in [0.25, 0.3) is 0 Å². The molecule has 1 N–H and O–H groups in total. The molecular formula is C82H96N2O4S5. The summed E-state index contributed by atoms with van der Waals surface area (Å²) in [5.41, 5.74) is 18.7. The zero-order valence-corrected chi connectivity index (χ0v) is 61.0. The van der Waals surface area contributed by atoms with Crippen molar-refractivity contribution >= 4 is 104 Å². The number of anilines is 3. The number of ether oxygens (including phenoxy) is 2. The van der Waals surface area contributed by atoms with Crippen molar-refractivity contribution in [3.8, 4) is 56.9 Å². The third-order valence-electron chi connectivity index (χ3n) is 18.4. The minimum absolute atomic E-state index is 0.123. The Morgan fingerprint density at radius 3 is 1.84 bits per heavy atom. The molecule has 0 saturated carbocycles. The van der Waals surface area contributed by atoms with Gasteiger partial charge >= 0.3 is 5.97 Å². The lowest BCUT2D eigenvalue weighted by Gasteiger charge is -2.29. The van der Waals surface area contributed by atoms with Crippen molar-refractivity contribution in [2.45, 2.75) is 208 Å². The van der Waals surface area contributed by atoms with Crippen LogP contribution in [0.25, 0.3) is 56.4 Å². The number of hydrogen-bond donors (Lipinski definition) is 1. The summed E-state index contributed by atoms with van der Waals surface area (Å²) in [4.78, 5) is 18.4. The number of carbonyl (C=O) groups is 1. The predicted molar refractivity (Wildman–Crippen MR) is 407 cm³/mol. The normalized spacial score (nSPS) is 13.8. The van der Waals surface area contributed by atoms with E-state index in [-0.39, 0.29) is 10.7 Å². The number of benzene rings is 5. The average Bonchev–Trinajstić information content (AvgIpc) is 1.60. The number of hydrogen-bond acceptors (Lipinski definition) is 10. The first-order valence-corrected chi connectivity index (χ1v) is 38.4. The topological polar surface area (TPSA) is 82.8 Å². The fourth-order valence-corrected chi connectivity index (χ4v) is 20.6. The minimum Gasteiger partial charge on any atom is -0.497 e. The van der Waals surface area contributed by atoms with Crippen LogP contribution in [0.5, 0.6) is 5.75 Å². The van der Waals surface area contributed by atoms with Gasteiger partial charge in [0.15, 0.2) is 0 Å². The maximum atomic E-state index is 9.13. The molecule has 6 nitrogen and oxygen atoms in total. The quantitative estimate of drug-likeness (QED) is 0.0273. The Hall–Kier alpha value is -6.57. The van der Waals surface area contributed by atoms with Crippen LogP contribution in [0.1, 0.15) is 231 Å². The Balaban J connectivity index is 0.00000121. The highest BCUT2D eigenvalue weighted by Gasteiger charge is 2.36. The Morgan fingerprint density at radius 1 is 0.645 bits per heavy atom. The number of aliphatic carboxylic acids is 1. The number of carboxylic acids is 1. The molecular weight excluding hydrogens is 1240 g/mol. The largest absolute Gasteiger partial charge is 0.497 e. The molecule has 4 aromatic heterocycles. The van der Waals surface area contributed by atoms with E-state index < -0.39 is 5.97 Å². The first-order valence-electron chi connectivity index (χ1n) is 34.3. The van der Waals surface area contributed by atoms with Crippen LogP contribution in [0.3, 0.4) is 0 Å². The van der Waals surface area contributed by atoms with E-state index in [1.807, 2.05) is 23.1 Å². The molecule has 2 aliphatic rings. The fourth-order valence-electron chi connectivity index (χ4n) is 13.4. The summed E-state index contributed by atoms with van der Waals surface area (Å²) in [5, 5.41) is 15.0. The highest BCUT2D eigenvalue weighted by Crippen LogP contribution is 2.56. The smallest absolute Gasteiger partial charge is 0.381 e. The van der Waals surface area contributed by atoms with Crippen molar-refractivity contribution in [3.05, 3.63) is 169 Å². The summed E-state index contributed by atoms with van der Waals surface area (Å²) in [7, 11) is 0. The summed E-state index contributed by atoms with van der Waals surface area (Å²) in [6.45, 7) is 26.3. The van der Waals surface area contributed by atoms with Crippen molar-refractivity contribution in [3.63, 3.8) is 0 Å². The predicted octanol–water partition coefficient (Wildman–Crippen LogP) is 26.3. The Labute approximate surface area is 576 Å². The molecule has 2 aliphatic carbocycles. The van der Waals surface area contributed by atoms with Gasteiger partial charge in [0.2, 0.25) is 0 Å². The fraction of sp³-hybridized carbons (Fsp3) is 0.415. The third-order valence-corrected chi connectivity index (χ3v) is 25.5. The van der Waals surface area contributed by atoms with Crippen molar-refractivity contribution in [2.24, 2.45) is 0 Å². The van der Waals surface area contributed by atoms with Gasteiger partial charge in [0.05, 0.1) is 47.9 Å². The molecule has 5 aromatic carbocycles. The molecule has 11 heteroatoms. The molecule has 0 spiro atoms. The van der Waals surface area contributed by atoms with Gasteiger partial charge in [-0.05, 0) is 157 Å². The van der Waals surface area contributed by atoms with E-state index in [1.54, 1.807) is 36.2 Å². The van der Waals surface area contributed by atoms with Crippen molar-refractivity contribution < 1.29 is 19.4 Å². The second-order valence-corrected chi connectivity index (χ2v) is 31.1. The number of thioether (sulfide) groups is 1. The third kappa shape index (κ3) is 16.2. The van der Waals surface area contributed by atoms with Crippen LogP contribution in [0.15, 0.2) is 121 Å². The summed E-state index contributed by atoms with van der Waals surface area (Å²) in [5.74, 6) is 2.54. The first kappa shape index (κ1) is 70.7. The molecule has 0 bridgehead atoms. The van der Waals surface area contributed by atoms with Crippen molar-refractivity contribution in [2.75, 3.05) is 18.1 Å². The standard InChI is InChI=1S/C77H91NO2S5.C3H2O2.C2H3N/c1-11-15-19-23-32-59-52(7)81-75-73(59)85-74-64(35-24-20-16-12-2)71(84-76(74)75)53(8)82-70(51(6)79-45-29-21-17-13-3)69-49-68(80-46-30-22-18-14-4)72(83-69)54-37-39-55(40-38-54)78(56-41-43-61-60-33-26-25-31-58(60)50(5)65(61)47-56)57-42-44-63-62-34-27-28-36-66(62)77(9,10)67(63)48-57;1-2-3(4)5;1-2-3/h25-28,31,33-34,36-44,47-50,53H,11-24,29-30,32,35,45-46H2,1-10H3;1H,(H,4,5);1H3/b70-51+;;.